The molecule has 1 saturated carbocycles. The summed E-state index contributed by atoms with van der Waals surface area (Å²) in [7, 11) is 1.61. The highest BCUT2D eigenvalue weighted by molar-refractivity contribution is 5.97. The normalized spacial score (nSPS) is 17.0. The number of anilines is 1. The lowest BCUT2D eigenvalue weighted by atomic mass is 9.98. The molecule has 1 unspecified atom stereocenters. The van der Waals surface area contributed by atoms with Crippen molar-refractivity contribution in [1.82, 2.24) is 0 Å². The van der Waals surface area contributed by atoms with Gasteiger partial charge in [-0.15, -0.1) is 0 Å². The van der Waals surface area contributed by atoms with Gasteiger partial charge < -0.3 is 14.8 Å². The van der Waals surface area contributed by atoms with Crippen LogP contribution in [-0.4, -0.2) is 25.2 Å². The molecular weight excluding hydrogens is 278 g/mol. The molecule has 4 nitrogen and oxygen atoms in total. The van der Waals surface area contributed by atoms with Crippen molar-refractivity contribution in [1.29, 1.82) is 0 Å². The van der Waals surface area contributed by atoms with Crippen LogP contribution in [0.2, 0.25) is 0 Å². The molecule has 0 bridgehead atoms. The number of methoxy groups -OCH3 is 1. The summed E-state index contributed by atoms with van der Waals surface area (Å²) in [5.74, 6) is 1.17. The first-order valence-electron chi connectivity index (χ1n) is 8.03. The molecule has 0 aliphatic heterocycles. The van der Waals surface area contributed by atoms with Gasteiger partial charge in [-0.05, 0) is 69.2 Å². The number of carbonyl (C=O) groups excluding carboxylic acids is 1. The van der Waals surface area contributed by atoms with E-state index < -0.39 is 5.60 Å². The number of benzene rings is 1. The van der Waals surface area contributed by atoms with Crippen LogP contribution in [0.5, 0.6) is 5.75 Å². The third kappa shape index (κ3) is 3.43. The number of carbonyl (C=O) groups is 1. The fourth-order valence-corrected chi connectivity index (χ4v) is 2.79. The van der Waals surface area contributed by atoms with E-state index in [9.17, 15) is 4.79 Å². The van der Waals surface area contributed by atoms with E-state index >= 15 is 0 Å². The van der Waals surface area contributed by atoms with Crippen molar-refractivity contribution >= 4 is 11.6 Å². The number of hydrogen-bond donors (Lipinski definition) is 1. The summed E-state index contributed by atoms with van der Waals surface area (Å²) in [5, 5.41) is 3.00. The topological polar surface area (TPSA) is 47.6 Å². The van der Waals surface area contributed by atoms with E-state index in [2.05, 4.69) is 12.2 Å². The van der Waals surface area contributed by atoms with Crippen LogP contribution >= 0.6 is 0 Å². The van der Waals surface area contributed by atoms with Crippen molar-refractivity contribution in [3.05, 3.63) is 23.3 Å². The molecule has 22 heavy (non-hydrogen) atoms. The highest BCUT2D eigenvalue weighted by Crippen LogP contribution is 2.42. The van der Waals surface area contributed by atoms with Gasteiger partial charge in [0, 0.05) is 12.8 Å². The summed E-state index contributed by atoms with van der Waals surface area (Å²) in [5.41, 5.74) is 2.13. The van der Waals surface area contributed by atoms with Crippen LogP contribution in [0, 0.1) is 19.8 Å². The Balaban J connectivity index is 2.14. The molecule has 4 heteroatoms. The first kappa shape index (κ1) is 16.8. The quantitative estimate of drug-likeness (QED) is 0.832. The van der Waals surface area contributed by atoms with Crippen LogP contribution in [0.15, 0.2) is 12.1 Å². The summed E-state index contributed by atoms with van der Waals surface area (Å²) in [6.45, 7) is 8.67. The fourth-order valence-electron chi connectivity index (χ4n) is 2.79. The largest absolute Gasteiger partial charge is 0.493 e. The van der Waals surface area contributed by atoms with Crippen LogP contribution in [0.25, 0.3) is 0 Å². The molecule has 0 saturated heterocycles. The lowest BCUT2D eigenvalue weighted by molar-refractivity contribution is -0.138. The molecule has 1 aliphatic carbocycles. The number of amides is 1. The van der Waals surface area contributed by atoms with E-state index in [0.717, 1.165) is 41.8 Å². The van der Waals surface area contributed by atoms with Gasteiger partial charge in [0.15, 0.2) is 0 Å². The Labute approximate surface area is 133 Å². The summed E-state index contributed by atoms with van der Waals surface area (Å²) >= 11 is 0. The van der Waals surface area contributed by atoms with Gasteiger partial charge in [0.1, 0.15) is 11.4 Å². The van der Waals surface area contributed by atoms with Gasteiger partial charge in [0.05, 0.1) is 6.61 Å². The summed E-state index contributed by atoms with van der Waals surface area (Å²) in [4.78, 5) is 12.6. The van der Waals surface area contributed by atoms with E-state index in [-0.39, 0.29) is 5.91 Å². The molecule has 0 heterocycles. The monoisotopic (exact) mass is 305 g/mol. The maximum atomic E-state index is 12.6. The molecule has 0 spiro atoms. The minimum absolute atomic E-state index is 0.0708. The van der Waals surface area contributed by atoms with Crippen LogP contribution in [0.4, 0.5) is 5.69 Å². The second-order valence-electron chi connectivity index (χ2n) is 6.33. The SMILES string of the molecule is CCCOc1c(C)cc(NC(=O)C(C)(OC)C2CC2)cc1C. The van der Waals surface area contributed by atoms with Crippen molar-refractivity contribution < 1.29 is 14.3 Å². The number of aryl methyl sites for hydroxylation is 2. The first-order valence-corrected chi connectivity index (χ1v) is 8.03. The van der Waals surface area contributed by atoms with Gasteiger partial charge in [0.25, 0.3) is 5.91 Å². The van der Waals surface area contributed by atoms with E-state index in [0.29, 0.717) is 12.5 Å². The fraction of sp³-hybridized carbons (Fsp3) is 0.611. The molecule has 1 fully saturated rings. The van der Waals surface area contributed by atoms with E-state index in [4.69, 9.17) is 9.47 Å². The van der Waals surface area contributed by atoms with Crippen LogP contribution in [0.1, 0.15) is 44.2 Å². The summed E-state index contributed by atoms with van der Waals surface area (Å²) in [6, 6.07) is 3.91. The molecule has 0 radical (unpaired) electrons. The summed E-state index contributed by atoms with van der Waals surface area (Å²) < 4.78 is 11.3. The zero-order valence-electron chi connectivity index (χ0n) is 14.3. The molecule has 0 aromatic heterocycles. The van der Waals surface area contributed by atoms with Crippen molar-refractivity contribution in [2.24, 2.45) is 5.92 Å². The number of ether oxygens (including phenoxy) is 2. The minimum Gasteiger partial charge on any atom is -0.493 e. The maximum absolute atomic E-state index is 12.6. The molecule has 122 valence electrons. The second kappa shape index (κ2) is 6.69. The Morgan fingerprint density at radius 3 is 2.36 bits per heavy atom. The predicted octanol–water partition coefficient (Wildman–Crippen LogP) is 3.85. The minimum atomic E-state index is -0.737. The second-order valence-corrected chi connectivity index (χ2v) is 6.33. The van der Waals surface area contributed by atoms with Crippen LogP contribution in [-0.2, 0) is 9.53 Å². The molecule has 1 amide bonds. The Bertz CT molecular complexity index is 528. The number of nitrogens with one attached hydrogen (secondary N) is 1. The van der Waals surface area contributed by atoms with Gasteiger partial charge >= 0.3 is 0 Å². The lowest BCUT2D eigenvalue weighted by Gasteiger charge is -2.27. The molecule has 1 aromatic carbocycles. The highest BCUT2D eigenvalue weighted by Gasteiger charge is 2.47. The van der Waals surface area contributed by atoms with Crippen molar-refractivity contribution in [2.45, 2.75) is 52.6 Å². The molecule has 1 atom stereocenters. The standard InChI is InChI=1S/C18H27NO3/c1-6-9-22-16-12(2)10-15(11-13(16)3)19-17(20)18(4,21-5)14-7-8-14/h10-11,14H,6-9H2,1-5H3,(H,19,20). The van der Waals surface area contributed by atoms with Crippen molar-refractivity contribution in [3.8, 4) is 5.75 Å². The number of rotatable bonds is 7. The zero-order chi connectivity index (χ0) is 16.3. The molecule has 1 aromatic rings. The predicted molar refractivity (Wildman–Crippen MR) is 88.5 cm³/mol. The average molecular weight is 305 g/mol. The Kier molecular flexibility index (Phi) is 5.12. The average Bonchev–Trinajstić information content (AvgIpc) is 3.30. The third-order valence-electron chi connectivity index (χ3n) is 4.40. The molecule has 2 rings (SSSR count). The molecular formula is C18H27NO3. The van der Waals surface area contributed by atoms with E-state index in [1.54, 1.807) is 7.11 Å². The zero-order valence-corrected chi connectivity index (χ0v) is 14.3. The molecule has 1 N–H and O–H groups in total. The van der Waals surface area contributed by atoms with Gasteiger partial charge in [-0.2, -0.15) is 0 Å². The number of hydrogen-bond acceptors (Lipinski definition) is 3. The Hall–Kier alpha value is -1.55. The maximum Gasteiger partial charge on any atom is 0.256 e. The lowest BCUT2D eigenvalue weighted by Crippen LogP contribution is -2.44. The first-order chi connectivity index (χ1) is 10.4. The third-order valence-corrected chi connectivity index (χ3v) is 4.40. The smallest absolute Gasteiger partial charge is 0.256 e. The van der Waals surface area contributed by atoms with Gasteiger partial charge in [-0.25, -0.2) is 0 Å². The Morgan fingerprint density at radius 1 is 1.32 bits per heavy atom. The Morgan fingerprint density at radius 2 is 1.91 bits per heavy atom. The van der Waals surface area contributed by atoms with Crippen molar-refractivity contribution in [3.63, 3.8) is 0 Å². The van der Waals surface area contributed by atoms with E-state index in [1.165, 1.54) is 0 Å². The van der Waals surface area contributed by atoms with E-state index in [1.807, 2.05) is 32.9 Å². The van der Waals surface area contributed by atoms with Gasteiger partial charge in [-0.3, -0.25) is 4.79 Å². The van der Waals surface area contributed by atoms with Gasteiger partial charge in [-0.1, -0.05) is 6.92 Å². The molecule has 1 aliphatic rings. The van der Waals surface area contributed by atoms with Crippen LogP contribution < -0.4 is 10.1 Å². The van der Waals surface area contributed by atoms with Crippen molar-refractivity contribution in [2.75, 3.05) is 19.0 Å². The van der Waals surface area contributed by atoms with Crippen LogP contribution in [0.3, 0.4) is 0 Å². The highest BCUT2D eigenvalue weighted by atomic mass is 16.5. The van der Waals surface area contributed by atoms with Gasteiger partial charge in [0.2, 0.25) is 0 Å². The summed E-state index contributed by atoms with van der Waals surface area (Å²) in [6.07, 6.45) is 3.09.